The van der Waals surface area contributed by atoms with Gasteiger partial charge >= 0.3 is 0 Å². The van der Waals surface area contributed by atoms with Crippen molar-refractivity contribution >= 4 is 28.6 Å². The molecule has 2 aromatic carbocycles. The summed E-state index contributed by atoms with van der Waals surface area (Å²) in [7, 11) is 1.58. The van der Waals surface area contributed by atoms with Gasteiger partial charge in [0.25, 0.3) is 5.56 Å². The van der Waals surface area contributed by atoms with E-state index in [-0.39, 0.29) is 23.3 Å². The molecule has 0 spiro atoms. The van der Waals surface area contributed by atoms with E-state index in [1.54, 1.807) is 17.7 Å². The number of para-hydroxylation sites is 1. The van der Waals surface area contributed by atoms with Gasteiger partial charge in [0.1, 0.15) is 5.75 Å². The lowest BCUT2D eigenvalue weighted by atomic mass is 10.2. The number of fused-ring (bicyclic) bond motifs is 1. The Hall–Kier alpha value is -2.80. The minimum Gasteiger partial charge on any atom is -0.495 e. The van der Waals surface area contributed by atoms with E-state index in [1.165, 1.54) is 11.8 Å². The van der Waals surface area contributed by atoms with E-state index >= 15 is 0 Å². The van der Waals surface area contributed by atoms with E-state index in [0.29, 0.717) is 27.5 Å². The molecule has 7 heteroatoms. The van der Waals surface area contributed by atoms with Crippen LogP contribution in [0.2, 0.25) is 0 Å². The first kappa shape index (κ1) is 20.5. The van der Waals surface area contributed by atoms with Crippen LogP contribution < -0.4 is 15.6 Å². The van der Waals surface area contributed by atoms with Crippen molar-refractivity contribution in [2.45, 2.75) is 43.8 Å². The van der Waals surface area contributed by atoms with Gasteiger partial charge in [-0.25, -0.2) is 4.98 Å². The van der Waals surface area contributed by atoms with Crippen LogP contribution in [0, 0.1) is 6.92 Å². The molecule has 4 rings (SSSR count). The van der Waals surface area contributed by atoms with Crippen molar-refractivity contribution in [1.29, 1.82) is 0 Å². The first-order chi connectivity index (χ1) is 14.6. The molecule has 3 aromatic rings. The monoisotopic (exact) mass is 423 g/mol. The number of nitrogens with one attached hydrogen (secondary N) is 1. The van der Waals surface area contributed by atoms with Crippen LogP contribution in [0.3, 0.4) is 0 Å². The number of benzene rings is 2. The molecule has 1 saturated carbocycles. The Morgan fingerprint density at radius 2 is 2.00 bits per heavy atom. The highest BCUT2D eigenvalue weighted by molar-refractivity contribution is 7.99. The van der Waals surface area contributed by atoms with Crippen LogP contribution in [0.4, 0.5) is 0 Å². The van der Waals surface area contributed by atoms with E-state index in [2.05, 4.69) is 5.32 Å². The number of aryl methyl sites for hydroxylation is 1. The Kier molecular flexibility index (Phi) is 6.08. The Morgan fingerprint density at radius 1 is 1.23 bits per heavy atom. The zero-order valence-electron chi connectivity index (χ0n) is 17.2. The van der Waals surface area contributed by atoms with Crippen LogP contribution in [0.25, 0.3) is 16.6 Å². The summed E-state index contributed by atoms with van der Waals surface area (Å²) < 4.78 is 7.07. The summed E-state index contributed by atoms with van der Waals surface area (Å²) in [6.45, 7) is 1.96. The maximum Gasteiger partial charge on any atom is 0.266 e. The Morgan fingerprint density at radius 3 is 2.77 bits per heavy atom. The lowest BCUT2D eigenvalue weighted by Crippen LogP contribution is -2.34. The van der Waals surface area contributed by atoms with E-state index in [1.807, 2.05) is 43.3 Å². The fraction of sp³-hybridized carbons (Fsp3) is 0.348. The molecule has 6 nitrogen and oxygen atoms in total. The molecular formula is C23H25N3O3S. The summed E-state index contributed by atoms with van der Waals surface area (Å²) in [6.07, 6.45) is 4.40. The van der Waals surface area contributed by atoms with Gasteiger partial charge in [-0.2, -0.15) is 0 Å². The first-order valence-electron chi connectivity index (χ1n) is 10.2. The van der Waals surface area contributed by atoms with Crippen LogP contribution in [0.15, 0.2) is 52.4 Å². The summed E-state index contributed by atoms with van der Waals surface area (Å²) in [5, 5.41) is 4.10. The molecule has 0 bridgehead atoms. The van der Waals surface area contributed by atoms with E-state index in [9.17, 15) is 9.59 Å². The maximum absolute atomic E-state index is 13.4. The molecule has 0 unspecified atom stereocenters. The minimum absolute atomic E-state index is 0.0305. The van der Waals surface area contributed by atoms with Crippen LogP contribution in [0.5, 0.6) is 5.75 Å². The van der Waals surface area contributed by atoms with E-state index in [0.717, 1.165) is 31.2 Å². The molecular weight excluding hydrogens is 398 g/mol. The zero-order valence-corrected chi connectivity index (χ0v) is 18.0. The number of ether oxygens (including phenoxy) is 1. The predicted molar refractivity (Wildman–Crippen MR) is 120 cm³/mol. The number of thioether (sulfide) groups is 1. The highest BCUT2D eigenvalue weighted by Crippen LogP contribution is 2.28. The van der Waals surface area contributed by atoms with Gasteiger partial charge in [0.05, 0.1) is 29.5 Å². The van der Waals surface area contributed by atoms with Gasteiger partial charge < -0.3 is 10.1 Å². The Balaban J connectivity index is 1.74. The van der Waals surface area contributed by atoms with Crippen molar-refractivity contribution in [3.63, 3.8) is 0 Å². The number of rotatable bonds is 6. The van der Waals surface area contributed by atoms with E-state index < -0.39 is 0 Å². The molecule has 1 aromatic heterocycles. The van der Waals surface area contributed by atoms with Crippen LogP contribution >= 0.6 is 11.8 Å². The van der Waals surface area contributed by atoms with Gasteiger partial charge in [-0.05, 0) is 49.6 Å². The average Bonchev–Trinajstić information content (AvgIpc) is 3.25. The molecule has 0 radical (unpaired) electrons. The third-order valence-electron chi connectivity index (χ3n) is 5.37. The van der Waals surface area contributed by atoms with Crippen molar-refractivity contribution in [3.05, 3.63) is 58.4 Å². The Labute approximate surface area is 179 Å². The standard InChI is InChI=1S/C23H25N3O3S/c1-15-11-12-20(29-2)19(13-15)26-22(28)17-9-5-6-10-18(17)25-23(26)30-14-21(27)24-16-7-3-4-8-16/h5-6,9-13,16H,3-4,7-8,14H2,1-2H3,(H,24,27). The topological polar surface area (TPSA) is 73.2 Å². The molecule has 1 fully saturated rings. The maximum atomic E-state index is 13.4. The quantitative estimate of drug-likeness (QED) is 0.482. The molecule has 1 aliphatic carbocycles. The molecule has 0 saturated heterocycles. The highest BCUT2D eigenvalue weighted by atomic mass is 32.2. The highest BCUT2D eigenvalue weighted by Gasteiger charge is 2.20. The summed E-state index contributed by atoms with van der Waals surface area (Å²) in [4.78, 5) is 30.6. The number of nitrogens with zero attached hydrogens (tertiary/aromatic N) is 2. The smallest absolute Gasteiger partial charge is 0.266 e. The fourth-order valence-electron chi connectivity index (χ4n) is 3.87. The van der Waals surface area contributed by atoms with Gasteiger partial charge in [0, 0.05) is 6.04 Å². The second-order valence-corrected chi connectivity index (χ2v) is 8.51. The fourth-order valence-corrected chi connectivity index (χ4v) is 4.68. The molecule has 1 heterocycles. The molecule has 0 aliphatic heterocycles. The van der Waals surface area contributed by atoms with Gasteiger partial charge in [-0.15, -0.1) is 0 Å². The number of hydrogen-bond acceptors (Lipinski definition) is 5. The van der Waals surface area contributed by atoms with Crippen molar-refractivity contribution in [2.24, 2.45) is 0 Å². The molecule has 0 atom stereocenters. The lowest BCUT2D eigenvalue weighted by molar-refractivity contribution is -0.119. The van der Waals surface area contributed by atoms with Gasteiger partial charge in [-0.1, -0.05) is 42.8 Å². The minimum atomic E-state index is -0.178. The SMILES string of the molecule is COc1ccc(C)cc1-n1c(SCC(=O)NC2CCCC2)nc2ccccc2c1=O. The molecule has 1 amide bonds. The third-order valence-corrected chi connectivity index (χ3v) is 6.31. The second-order valence-electron chi connectivity index (χ2n) is 7.56. The third kappa shape index (κ3) is 4.21. The van der Waals surface area contributed by atoms with Gasteiger partial charge in [0.15, 0.2) is 5.16 Å². The number of hydrogen-bond donors (Lipinski definition) is 1. The predicted octanol–water partition coefficient (Wildman–Crippen LogP) is 3.85. The lowest BCUT2D eigenvalue weighted by Gasteiger charge is -2.17. The Bertz CT molecular complexity index is 1140. The summed E-state index contributed by atoms with van der Waals surface area (Å²) in [5.74, 6) is 0.754. The number of methoxy groups -OCH3 is 1. The molecule has 156 valence electrons. The average molecular weight is 424 g/mol. The summed E-state index contributed by atoms with van der Waals surface area (Å²) in [5.41, 5.74) is 2.06. The van der Waals surface area contributed by atoms with Gasteiger partial charge in [0.2, 0.25) is 5.91 Å². The second kappa shape index (κ2) is 8.92. The van der Waals surface area contributed by atoms with Gasteiger partial charge in [-0.3, -0.25) is 14.2 Å². The van der Waals surface area contributed by atoms with Crippen LogP contribution in [-0.2, 0) is 4.79 Å². The van der Waals surface area contributed by atoms with Crippen molar-refractivity contribution < 1.29 is 9.53 Å². The van der Waals surface area contributed by atoms with E-state index in [4.69, 9.17) is 9.72 Å². The summed E-state index contributed by atoms with van der Waals surface area (Å²) >= 11 is 1.27. The molecule has 1 N–H and O–H groups in total. The van der Waals surface area contributed by atoms with Crippen molar-refractivity contribution in [1.82, 2.24) is 14.9 Å². The first-order valence-corrected chi connectivity index (χ1v) is 11.1. The molecule has 30 heavy (non-hydrogen) atoms. The zero-order chi connectivity index (χ0) is 21.1. The number of carbonyl (C=O) groups excluding carboxylic acids is 1. The van der Waals surface area contributed by atoms with Crippen molar-refractivity contribution in [2.75, 3.05) is 12.9 Å². The van der Waals surface area contributed by atoms with Crippen molar-refractivity contribution in [3.8, 4) is 11.4 Å². The molecule has 1 aliphatic rings. The number of carbonyl (C=O) groups is 1. The largest absolute Gasteiger partial charge is 0.495 e. The normalized spacial score (nSPS) is 14.2. The van der Waals surface area contributed by atoms with Crippen LogP contribution in [0.1, 0.15) is 31.2 Å². The number of aromatic nitrogens is 2. The number of amides is 1. The summed E-state index contributed by atoms with van der Waals surface area (Å²) in [6, 6.07) is 13.2. The van der Waals surface area contributed by atoms with Crippen LogP contribution in [-0.4, -0.2) is 34.4 Å².